The van der Waals surface area contributed by atoms with Crippen molar-refractivity contribution in [1.29, 1.82) is 0 Å². The fourth-order valence-corrected chi connectivity index (χ4v) is 6.31. The molecule has 6 aromatic rings. The van der Waals surface area contributed by atoms with Gasteiger partial charge in [0.25, 0.3) is 0 Å². The smallest absolute Gasteiger partial charge is 0.338 e. The zero-order valence-electron chi connectivity index (χ0n) is 29.2. The number of aryl methyl sites for hydroxylation is 1. The van der Waals surface area contributed by atoms with Crippen molar-refractivity contribution in [3.05, 3.63) is 167 Å². The van der Waals surface area contributed by atoms with Crippen LogP contribution in [0.2, 0.25) is 5.15 Å². The molecule has 0 unspecified atom stereocenters. The van der Waals surface area contributed by atoms with Crippen LogP contribution in [-0.2, 0) is 41.5 Å². The summed E-state index contributed by atoms with van der Waals surface area (Å²) >= 11 is 6.64. The van der Waals surface area contributed by atoms with Crippen LogP contribution in [0, 0.1) is 0 Å². The highest BCUT2D eigenvalue weighted by Crippen LogP contribution is 2.38. The first kappa shape index (κ1) is 37.0. The van der Waals surface area contributed by atoms with Gasteiger partial charge in [-0.1, -0.05) is 96.5 Å². The third-order valence-corrected chi connectivity index (χ3v) is 9.11. The predicted molar refractivity (Wildman–Crippen MR) is 199 cm³/mol. The summed E-state index contributed by atoms with van der Waals surface area (Å²) in [7, 11) is 0. The van der Waals surface area contributed by atoms with E-state index in [2.05, 4.69) is 4.98 Å². The molecule has 0 bridgehead atoms. The molecule has 0 radical (unpaired) electrons. The Bertz CT molecular complexity index is 2270. The first-order valence-corrected chi connectivity index (χ1v) is 17.8. The molecule has 1 saturated heterocycles. The second-order valence-corrected chi connectivity index (χ2v) is 12.9. The van der Waals surface area contributed by atoms with Gasteiger partial charge >= 0.3 is 23.9 Å². The van der Waals surface area contributed by atoms with Gasteiger partial charge in [0.05, 0.1) is 28.5 Å². The van der Waals surface area contributed by atoms with Crippen molar-refractivity contribution < 1.29 is 42.9 Å². The summed E-state index contributed by atoms with van der Waals surface area (Å²) in [6.07, 6.45) is -3.07. The summed E-state index contributed by atoms with van der Waals surface area (Å²) in [5.74, 6) is -2.23. The van der Waals surface area contributed by atoms with Crippen LogP contribution < -0.4 is 0 Å². The van der Waals surface area contributed by atoms with E-state index in [9.17, 15) is 19.2 Å². The predicted octanol–water partition coefficient (Wildman–Crippen LogP) is 6.97. The number of carbonyl (C=O) groups excluding carboxylic acids is 4. The summed E-state index contributed by atoms with van der Waals surface area (Å²) in [5, 5.41) is 0.568. The molecule has 12 nitrogen and oxygen atoms in total. The largest absolute Gasteiger partial charge is 0.461 e. The number of ether oxygens (including phenoxy) is 5. The van der Waals surface area contributed by atoms with Crippen molar-refractivity contribution >= 4 is 46.5 Å². The van der Waals surface area contributed by atoms with Gasteiger partial charge in [-0.2, -0.15) is 0 Å². The minimum Gasteiger partial charge on any atom is -0.461 e. The first-order valence-electron chi connectivity index (χ1n) is 17.5. The van der Waals surface area contributed by atoms with Crippen LogP contribution in [-0.4, -0.2) is 63.3 Å². The molecule has 0 spiro atoms. The normalized spacial score (nSPS) is 17.7. The Labute approximate surface area is 320 Å². The zero-order chi connectivity index (χ0) is 38.1. The maximum absolute atomic E-state index is 13.6. The highest BCUT2D eigenvalue weighted by atomic mass is 35.5. The minimum atomic E-state index is -1.28. The third-order valence-electron chi connectivity index (χ3n) is 8.82. The Morgan fingerprint density at radius 1 is 0.655 bits per heavy atom. The highest BCUT2D eigenvalue weighted by molar-refractivity contribution is 6.34. The molecule has 7 rings (SSSR count). The van der Waals surface area contributed by atoms with Crippen LogP contribution in [0.1, 0.15) is 55.1 Å². The van der Waals surface area contributed by atoms with E-state index in [0.29, 0.717) is 16.6 Å². The summed E-state index contributed by atoms with van der Waals surface area (Å²) in [6, 6.07) is 36.0. The summed E-state index contributed by atoms with van der Waals surface area (Å²) in [4.78, 5) is 62.0. The number of halogens is 1. The zero-order valence-corrected chi connectivity index (χ0v) is 30.0. The Balaban J connectivity index is 1.20. The number of benzene rings is 4. The number of esters is 4. The minimum absolute atomic E-state index is 0.0149. The first-order chi connectivity index (χ1) is 26.8. The lowest BCUT2D eigenvalue weighted by molar-refractivity contribution is -0.144. The van der Waals surface area contributed by atoms with E-state index < -0.39 is 48.4 Å². The van der Waals surface area contributed by atoms with Gasteiger partial charge < -0.3 is 28.3 Å². The number of nitrogens with zero attached hydrogens (tertiary/aromatic N) is 3. The SMILES string of the molecule is O=C(CCc1nc(Cl)c2ccn([C@@H]3O[C@H](COC(=O)c4ccccc4)[C@@H](OC(=O)c4ccccc4)[C@H]3OC(=O)c3ccccc3)c2n1)OCc1ccccc1. The Morgan fingerprint density at radius 2 is 1.20 bits per heavy atom. The second-order valence-electron chi connectivity index (χ2n) is 12.5. The number of hydrogen-bond acceptors (Lipinski definition) is 11. The van der Waals surface area contributed by atoms with Crippen LogP contribution in [0.25, 0.3) is 11.0 Å². The molecule has 1 fully saturated rings. The van der Waals surface area contributed by atoms with Gasteiger partial charge in [-0.15, -0.1) is 0 Å². The van der Waals surface area contributed by atoms with Crippen LogP contribution >= 0.6 is 11.6 Å². The van der Waals surface area contributed by atoms with Crippen molar-refractivity contribution in [3.8, 4) is 0 Å². The Morgan fingerprint density at radius 3 is 1.80 bits per heavy atom. The third kappa shape index (κ3) is 8.89. The van der Waals surface area contributed by atoms with Gasteiger partial charge in [0.2, 0.25) is 0 Å². The van der Waals surface area contributed by atoms with E-state index in [1.165, 1.54) is 0 Å². The molecular weight excluding hydrogens is 726 g/mol. The van der Waals surface area contributed by atoms with E-state index in [-0.39, 0.29) is 48.2 Å². The number of rotatable bonds is 13. The van der Waals surface area contributed by atoms with Crippen LogP contribution in [0.5, 0.6) is 0 Å². The van der Waals surface area contributed by atoms with Crippen LogP contribution in [0.4, 0.5) is 0 Å². The van der Waals surface area contributed by atoms with E-state index in [1.807, 2.05) is 30.3 Å². The molecule has 3 heterocycles. The molecule has 1 aliphatic rings. The Hall–Kier alpha value is -6.37. The van der Waals surface area contributed by atoms with Crippen molar-refractivity contribution in [1.82, 2.24) is 14.5 Å². The number of carbonyl (C=O) groups is 4. The molecule has 0 amide bonds. The van der Waals surface area contributed by atoms with Crippen LogP contribution in [0.15, 0.2) is 134 Å². The maximum atomic E-state index is 13.6. The Kier molecular flexibility index (Phi) is 11.6. The van der Waals surface area contributed by atoms with E-state index in [4.69, 9.17) is 40.3 Å². The molecule has 1 aliphatic heterocycles. The monoisotopic (exact) mass is 759 g/mol. The average molecular weight is 760 g/mol. The van der Waals surface area contributed by atoms with Crippen molar-refractivity contribution in [3.63, 3.8) is 0 Å². The van der Waals surface area contributed by atoms with E-state index >= 15 is 0 Å². The molecule has 4 atom stereocenters. The highest BCUT2D eigenvalue weighted by Gasteiger charge is 2.51. The lowest BCUT2D eigenvalue weighted by atomic mass is 10.1. The fraction of sp³-hybridized carbons (Fsp3) is 0.190. The van der Waals surface area contributed by atoms with Crippen molar-refractivity contribution in [2.75, 3.05) is 6.61 Å². The lowest BCUT2D eigenvalue weighted by Gasteiger charge is -2.25. The van der Waals surface area contributed by atoms with Gasteiger partial charge in [-0.05, 0) is 48.0 Å². The standard InChI is InChI=1S/C42H34ClN3O9/c43-37-31-23-24-46(38(31)45-33(44-37)21-22-34(47)51-25-27-13-5-1-6-14-27)39-36(55-42(50)30-19-11-4-12-20-30)35(54-41(49)29-17-9-3-10-18-29)32(53-39)26-52-40(48)28-15-7-2-8-16-28/h1-20,23-24,32,35-36,39H,21-22,25-26H2/t32-,35-,36-,39-/m1/s1. The summed E-state index contributed by atoms with van der Waals surface area (Å²) < 4.78 is 31.3. The molecular formula is C42H34ClN3O9. The molecule has 0 N–H and O–H groups in total. The number of fused-ring (bicyclic) bond motifs is 1. The maximum Gasteiger partial charge on any atom is 0.338 e. The van der Waals surface area contributed by atoms with Gasteiger partial charge in [0.15, 0.2) is 18.4 Å². The van der Waals surface area contributed by atoms with Crippen LogP contribution in [0.3, 0.4) is 0 Å². The van der Waals surface area contributed by atoms with Gasteiger partial charge in [-0.25, -0.2) is 24.4 Å². The van der Waals surface area contributed by atoms with Crippen molar-refractivity contribution in [2.24, 2.45) is 0 Å². The topological polar surface area (TPSA) is 145 Å². The molecule has 0 aliphatic carbocycles. The van der Waals surface area contributed by atoms with Crippen molar-refractivity contribution in [2.45, 2.75) is 44.0 Å². The summed E-state index contributed by atoms with van der Waals surface area (Å²) in [6.45, 7) is -0.231. The molecule has 2 aromatic heterocycles. The van der Waals surface area contributed by atoms with Gasteiger partial charge in [0.1, 0.15) is 35.9 Å². The quantitative estimate of drug-likeness (QED) is 0.0684. The second kappa shape index (κ2) is 17.2. The number of aromatic nitrogens is 3. The van der Waals surface area contributed by atoms with Gasteiger partial charge in [-0.3, -0.25) is 4.79 Å². The number of hydrogen-bond donors (Lipinski definition) is 0. The van der Waals surface area contributed by atoms with E-state index in [1.54, 1.807) is 108 Å². The lowest BCUT2D eigenvalue weighted by Crippen LogP contribution is -2.41. The molecule has 55 heavy (non-hydrogen) atoms. The van der Waals surface area contributed by atoms with E-state index in [0.717, 1.165) is 5.56 Å². The fourth-order valence-electron chi connectivity index (χ4n) is 6.06. The molecule has 13 heteroatoms. The molecule has 278 valence electrons. The molecule has 4 aromatic carbocycles. The van der Waals surface area contributed by atoms with Gasteiger partial charge in [0, 0.05) is 12.6 Å². The summed E-state index contributed by atoms with van der Waals surface area (Å²) in [5.41, 5.74) is 1.96. The average Bonchev–Trinajstić information content (AvgIpc) is 3.80. The molecule has 0 saturated carbocycles.